The van der Waals surface area contributed by atoms with Crippen molar-refractivity contribution in [1.82, 2.24) is 9.80 Å². The second-order valence-electron chi connectivity index (χ2n) is 7.23. The Morgan fingerprint density at radius 1 is 1.26 bits per heavy atom. The van der Waals surface area contributed by atoms with Gasteiger partial charge in [-0.25, -0.2) is 4.79 Å². The Labute approximate surface area is 147 Å². The summed E-state index contributed by atoms with van der Waals surface area (Å²) in [5.74, 6) is 0. The largest absolute Gasteiger partial charge is 0.444 e. The molecule has 0 bridgehead atoms. The van der Waals surface area contributed by atoms with Crippen molar-refractivity contribution >= 4 is 22.0 Å². The second-order valence-corrected chi connectivity index (χ2v) is 8.14. The molecule has 1 aromatic rings. The Morgan fingerprint density at radius 3 is 2.35 bits per heavy atom. The maximum absolute atomic E-state index is 12.1. The van der Waals surface area contributed by atoms with E-state index in [1.165, 1.54) is 5.56 Å². The van der Waals surface area contributed by atoms with Crippen molar-refractivity contribution in [3.63, 3.8) is 0 Å². The lowest BCUT2D eigenvalue weighted by molar-refractivity contribution is 0.0149. The fraction of sp³-hybridized carbons (Fsp3) is 0.611. The van der Waals surface area contributed by atoms with Crippen molar-refractivity contribution < 1.29 is 9.53 Å². The van der Waals surface area contributed by atoms with Crippen LogP contribution in [-0.4, -0.2) is 47.7 Å². The van der Waals surface area contributed by atoms with Gasteiger partial charge in [0.25, 0.3) is 0 Å². The molecule has 0 N–H and O–H groups in total. The molecule has 0 aromatic heterocycles. The summed E-state index contributed by atoms with van der Waals surface area (Å²) in [6, 6.07) is 8.74. The van der Waals surface area contributed by atoms with Crippen molar-refractivity contribution in [2.45, 2.75) is 51.8 Å². The maximum atomic E-state index is 12.1. The number of carbonyl (C=O) groups is 1. The van der Waals surface area contributed by atoms with Gasteiger partial charge in [-0.2, -0.15) is 0 Å². The Balaban J connectivity index is 1.81. The van der Waals surface area contributed by atoms with Crippen LogP contribution in [0.4, 0.5) is 4.79 Å². The maximum Gasteiger partial charge on any atom is 0.410 e. The molecule has 5 heteroatoms. The topological polar surface area (TPSA) is 32.8 Å². The normalized spacial score (nSPS) is 17.1. The summed E-state index contributed by atoms with van der Waals surface area (Å²) in [6.07, 6.45) is 1.77. The Morgan fingerprint density at radius 2 is 1.83 bits per heavy atom. The van der Waals surface area contributed by atoms with Crippen LogP contribution in [0.25, 0.3) is 0 Å². The highest BCUT2D eigenvalue weighted by atomic mass is 79.9. The first-order chi connectivity index (χ1) is 10.7. The summed E-state index contributed by atoms with van der Waals surface area (Å²) >= 11 is 3.47. The molecule has 0 unspecified atom stereocenters. The summed E-state index contributed by atoms with van der Waals surface area (Å²) in [4.78, 5) is 16.4. The monoisotopic (exact) mass is 382 g/mol. The molecule has 0 saturated carbocycles. The van der Waals surface area contributed by atoms with E-state index in [1.807, 2.05) is 27.8 Å². The van der Waals surface area contributed by atoms with Gasteiger partial charge >= 0.3 is 6.09 Å². The van der Waals surface area contributed by atoms with Gasteiger partial charge in [0.15, 0.2) is 0 Å². The minimum atomic E-state index is -0.437. The average Bonchev–Trinajstić information content (AvgIpc) is 2.48. The quantitative estimate of drug-likeness (QED) is 0.781. The number of likely N-dealkylation sites (tertiary alicyclic amines) is 1. The number of nitrogens with zero attached hydrogens (tertiary/aromatic N) is 2. The summed E-state index contributed by atoms with van der Waals surface area (Å²) in [6.45, 7) is 8.69. The van der Waals surface area contributed by atoms with E-state index in [9.17, 15) is 4.79 Å². The Bertz CT molecular complexity index is 517. The summed E-state index contributed by atoms with van der Waals surface area (Å²) in [5.41, 5.74) is 0.889. The molecule has 1 fully saturated rings. The van der Waals surface area contributed by atoms with Gasteiger partial charge in [-0.15, -0.1) is 0 Å². The highest BCUT2D eigenvalue weighted by Crippen LogP contribution is 2.20. The molecule has 23 heavy (non-hydrogen) atoms. The predicted octanol–water partition coefficient (Wildman–Crippen LogP) is 4.28. The molecule has 1 saturated heterocycles. The zero-order valence-electron chi connectivity index (χ0n) is 14.5. The van der Waals surface area contributed by atoms with Crippen LogP contribution in [0.3, 0.4) is 0 Å². The third kappa shape index (κ3) is 5.81. The van der Waals surface area contributed by atoms with E-state index in [-0.39, 0.29) is 12.1 Å². The van der Waals surface area contributed by atoms with Gasteiger partial charge < -0.3 is 9.64 Å². The van der Waals surface area contributed by atoms with E-state index < -0.39 is 5.60 Å². The molecule has 1 aliphatic heterocycles. The van der Waals surface area contributed by atoms with Crippen LogP contribution >= 0.6 is 15.9 Å². The van der Waals surface area contributed by atoms with Crippen LogP contribution in [0, 0.1) is 0 Å². The number of rotatable bonds is 3. The van der Waals surface area contributed by atoms with Gasteiger partial charge in [-0.1, -0.05) is 28.1 Å². The lowest BCUT2D eigenvalue weighted by atomic mass is 10.0. The zero-order chi connectivity index (χ0) is 17.0. The standard InChI is InChI=1S/C18H27BrN2O2/c1-18(2,3)23-17(22)20(4)16-9-11-21(12-10-16)13-14-5-7-15(19)8-6-14/h5-8,16H,9-13H2,1-4H3. The molecule has 1 aliphatic rings. The smallest absolute Gasteiger partial charge is 0.410 e. The summed E-state index contributed by atoms with van der Waals surface area (Å²) in [7, 11) is 1.85. The summed E-state index contributed by atoms with van der Waals surface area (Å²) < 4.78 is 6.57. The van der Waals surface area contributed by atoms with E-state index in [1.54, 1.807) is 4.90 Å². The van der Waals surface area contributed by atoms with E-state index in [2.05, 4.69) is 45.1 Å². The molecule has 2 rings (SSSR count). The molecule has 0 radical (unpaired) electrons. The SMILES string of the molecule is CN(C(=O)OC(C)(C)C)C1CCN(Cc2ccc(Br)cc2)CC1. The first kappa shape index (κ1) is 18.3. The van der Waals surface area contributed by atoms with E-state index >= 15 is 0 Å². The number of ether oxygens (including phenoxy) is 1. The molecule has 1 amide bonds. The number of piperidine rings is 1. The molecule has 1 aromatic carbocycles. The number of amides is 1. The third-order valence-corrected chi connectivity index (χ3v) is 4.63. The van der Waals surface area contributed by atoms with Crippen molar-refractivity contribution in [3.05, 3.63) is 34.3 Å². The first-order valence-corrected chi connectivity index (χ1v) is 8.96. The average molecular weight is 383 g/mol. The number of hydrogen-bond donors (Lipinski definition) is 0. The van der Waals surface area contributed by atoms with E-state index in [0.29, 0.717) is 0 Å². The first-order valence-electron chi connectivity index (χ1n) is 8.17. The van der Waals surface area contributed by atoms with Crippen LogP contribution in [0.1, 0.15) is 39.2 Å². The van der Waals surface area contributed by atoms with E-state index in [0.717, 1.165) is 36.9 Å². The van der Waals surface area contributed by atoms with Crippen LogP contribution < -0.4 is 0 Å². The van der Waals surface area contributed by atoms with Crippen LogP contribution in [0.5, 0.6) is 0 Å². The minimum absolute atomic E-state index is 0.219. The molecule has 0 aliphatic carbocycles. The van der Waals surface area contributed by atoms with Crippen LogP contribution in [-0.2, 0) is 11.3 Å². The van der Waals surface area contributed by atoms with Gasteiger partial charge in [0.1, 0.15) is 5.60 Å². The van der Waals surface area contributed by atoms with Crippen LogP contribution in [0.15, 0.2) is 28.7 Å². The van der Waals surface area contributed by atoms with Gasteiger partial charge in [-0.05, 0) is 51.3 Å². The molecule has 0 spiro atoms. The molecule has 0 atom stereocenters. The molecule has 4 nitrogen and oxygen atoms in total. The third-order valence-electron chi connectivity index (χ3n) is 4.11. The number of benzene rings is 1. The molecule has 1 heterocycles. The minimum Gasteiger partial charge on any atom is -0.444 e. The van der Waals surface area contributed by atoms with Crippen molar-refractivity contribution in [3.8, 4) is 0 Å². The Kier molecular flexibility index (Phi) is 6.09. The molecular weight excluding hydrogens is 356 g/mol. The van der Waals surface area contributed by atoms with Crippen LogP contribution in [0.2, 0.25) is 0 Å². The predicted molar refractivity (Wildman–Crippen MR) is 96.4 cm³/mol. The Hall–Kier alpha value is -1.07. The fourth-order valence-electron chi connectivity index (χ4n) is 2.80. The van der Waals surface area contributed by atoms with Gasteiger partial charge in [-0.3, -0.25) is 4.90 Å². The number of hydrogen-bond acceptors (Lipinski definition) is 3. The van der Waals surface area contributed by atoms with Crippen molar-refractivity contribution in [2.75, 3.05) is 20.1 Å². The molecule has 128 valence electrons. The van der Waals surface area contributed by atoms with Gasteiger partial charge in [0, 0.05) is 37.2 Å². The second kappa shape index (κ2) is 7.67. The zero-order valence-corrected chi connectivity index (χ0v) is 16.1. The lowest BCUT2D eigenvalue weighted by Crippen LogP contribution is -2.46. The van der Waals surface area contributed by atoms with Gasteiger partial charge in [0.05, 0.1) is 0 Å². The number of halogens is 1. The van der Waals surface area contributed by atoms with E-state index in [4.69, 9.17) is 4.74 Å². The fourth-order valence-corrected chi connectivity index (χ4v) is 3.06. The van der Waals surface area contributed by atoms with Crippen molar-refractivity contribution in [1.29, 1.82) is 0 Å². The lowest BCUT2D eigenvalue weighted by Gasteiger charge is -2.37. The summed E-state index contributed by atoms with van der Waals surface area (Å²) in [5, 5.41) is 0. The number of carbonyl (C=O) groups excluding carboxylic acids is 1. The van der Waals surface area contributed by atoms with Gasteiger partial charge in [0.2, 0.25) is 0 Å². The highest BCUT2D eigenvalue weighted by Gasteiger charge is 2.28. The highest BCUT2D eigenvalue weighted by molar-refractivity contribution is 9.10. The van der Waals surface area contributed by atoms with Crippen molar-refractivity contribution in [2.24, 2.45) is 0 Å². The molecular formula is C18H27BrN2O2.